The molecule has 4 N–H and O–H groups in total. The van der Waals surface area contributed by atoms with Crippen LogP contribution in [0.4, 0.5) is 4.79 Å². The second-order valence-corrected chi connectivity index (χ2v) is 6.23. The highest BCUT2D eigenvalue weighted by Gasteiger charge is 2.27. The van der Waals surface area contributed by atoms with E-state index >= 15 is 0 Å². The fraction of sp³-hybridized carbons (Fsp3) is 0.500. The molecule has 2 rings (SSSR count). The maximum Gasteiger partial charge on any atom is 0.315 e. The van der Waals surface area contributed by atoms with Crippen molar-refractivity contribution in [1.82, 2.24) is 10.6 Å². The minimum absolute atomic E-state index is 0.0323. The first kappa shape index (κ1) is 17.6. The van der Waals surface area contributed by atoms with Crippen LogP contribution in [0.25, 0.3) is 0 Å². The van der Waals surface area contributed by atoms with Gasteiger partial charge < -0.3 is 20.8 Å². The van der Waals surface area contributed by atoms with Crippen LogP contribution in [0.2, 0.25) is 5.02 Å². The molecule has 1 saturated carbocycles. The Balaban J connectivity index is 1.84. The van der Waals surface area contributed by atoms with E-state index in [1.165, 1.54) is 0 Å². The Kier molecular flexibility index (Phi) is 6.24. The number of urea groups is 1. The molecule has 1 aliphatic carbocycles. The summed E-state index contributed by atoms with van der Waals surface area (Å²) in [6.07, 6.45) is 2.44. The summed E-state index contributed by atoms with van der Waals surface area (Å²) in [7, 11) is 0. The lowest BCUT2D eigenvalue weighted by Crippen LogP contribution is -2.45. The van der Waals surface area contributed by atoms with Gasteiger partial charge in [-0.2, -0.15) is 0 Å². The molecule has 1 aromatic rings. The summed E-state index contributed by atoms with van der Waals surface area (Å²) in [6, 6.07) is 6.00. The number of hydrogen-bond acceptors (Lipinski definition) is 3. The number of nitrogens with one attached hydrogen (secondary N) is 2. The van der Waals surface area contributed by atoms with Crippen molar-refractivity contribution in [2.75, 3.05) is 6.61 Å². The van der Waals surface area contributed by atoms with Gasteiger partial charge in [-0.15, -0.1) is 0 Å². The molecule has 23 heavy (non-hydrogen) atoms. The van der Waals surface area contributed by atoms with Gasteiger partial charge >= 0.3 is 12.0 Å². The molecule has 0 saturated heterocycles. The standard InChI is InChI=1S/C16H21ClN2O4/c17-12-5-1-10(2-6-12)14(9-20)19-16(23)18-13-7-3-11(4-8-13)15(21)22/h1-2,5-6,11,13-14,20H,3-4,7-9H2,(H,21,22)(H2,18,19,23). The Labute approximate surface area is 139 Å². The molecule has 0 radical (unpaired) electrons. The molecular weight excluding hydrogens is 320 g/mol. The van der Waals surface area contributed by atoms with E-state index in [0.717, 1.165) is 5.56 Å². The molecule has 1 atom stereocenters. The predicted molar refractivity (Wildman–Crippen MR) is 86.3 cm³/mol. The van der Waals surface area contributed by atoms with E-state index in [0.29, 0.717) is 30.7 Å². The number of aliphatic carboxylic acids is 1. The van der Waals surface area contributed by atoms with Crippen molar-refractivity contribution in [2.45, 2.75) is 37.8 Å². The molecule has 126 valence electrons. The Morgan fingerprint density at radius 2 is 1.78 bits per heavy atom. The van der Waals surface area contributed by atoms with Crippen LogP contribution >= 0.6 is 11.6 Å². The van der Waals surface area contributed by atoms with Gasteiger partial charge in [0.25, 0.3) is 0 Å². The highest BCUT2D eigenvalue weighted by Crippen LogP contribution is 2.24. The van der Waals surface area contributed by atoms with Crippen LogP contribution in [0.5, 0.6) is 0 Å². The Morgan fingerprint density at radius 1 is 1.17 bits per heavy atom. The number of rotatable bonds is 5. The summed E-state index contributed by atoms with van der Waals surface area (Å²) < 4.78 is 0. The average molecular weight is 341 g/mol. The Bertz CT molecular complexity index is 542. The van der Waals surface area contributed by atoms with E-state index in [4.69, 9.17) is 16.7 Å². The topological polar surface area (TPSA) is 98.7 Å². The van der Waals surface area contributed by atoms with Crippen molar-refractivity contribution in [2.24, 2.45) is 5.92 Å². The van der Waals surface area contributed by atoms with E-state index in [2.05, 4.69) is 10.6 Å². The quantitative estimate of drug-likeness (QED) is 0.661. The third-order valence-corrected chi connectivity index (χ3v) is 4.42. The number of carboxylic acids is 1. The average Bonchev–Trinajstić information content (AvgIpc) is 2.54. The second-order valence-electron chi connectivity index (χ2n) is 5.79. The largest absolute Gasteiger partial charge is 0.481 e. The number of amides is 2. The van der Waals surface area contributed by atoms with Crippen molar-refractivity contribution in [1.29, 1.82) is 0 Å². The monoisotopic (exact) mass is 340 g/mol. The van der Waals surface area contributed by atoms with E-state index in [1.54, 1.807) is 24.3 Å². The summed E-state index contributed by atoms with van der Waals surface area (Å²) in [5.41, 5.74) is 0.765. The molecule has 0 heterocycles. The zero-order chi connectivity index (χ0) is 16.8. The van der Waals surface area contributed by atoms with E-state index in [-0.39, 0.29) is 24.6 Å². The summed E-state index contributed by atoms with van der Waals surface area (Å²) in [5, 5.41) is 24.6. The molecule has 2 amide bonds. The van der Waals surface area contributed by atoms with Gasteiger partial charge in [0, 0.05) is 11.1 Å². The lowest BCUT2D eigenvalue weighted by molar-refractivity contribution is -0.142. The third kappa shape index (κ3) is 5.11. The van der Waals surface area contributed by atoms with Gasteiger partial charge in [0.1, 0.15) is 0 Å². The first-order chi connectivity index (χ1) is 11.0. The summed E-state index contributed by atoms with van der Waals surface area (Å²) >= 11 is 5.82. The normalized spacial score (nSPS) is 22.2. The summed E-state index contributed by atoms with van der Waals surface area (Å²) in [5.74, 6) is -1.08. The third-order valence-electron chi connectivity index (χ3n) is 4.17. The number of aliphatic hydroxyl groups is 1. The molecule has 0 aliphatic heterocycles. The smallest absolute Gasteiger partial charge is 0.315 e. The van der Waals surface area contributed by atoms with E-state index < -0.39 is 12.0 Å². The van der Waals surface area contributed by atoms with Gasteiger partial charge in [0.15, 0.2) is 0 Å². The first-order valence-electron chi connectivity index (χ1n) is 7.65. The van der Waals surface area contributed by atoms with Gasteiger partial charge in [0.2, 0.25) is 0 Å². The number of benzene rings is 1. The lowest BCUT2D eigenvalue weighted by atomic mass is 9.86. The van der Waals surface area contributed by atoms with Crippen molar-refractivity contribution in [3.63, 3.8) is 0 Å². The van der Waals surface area contributed by atoms with Crippen molar-refractivity contribution >= 4 is 23.6 Å². The van der Waals surface area contributed by atoms with Crippen LogP contribution in [-0.2, 0) is 4.79 Å². The number of halogens is 1. The van der Waals surface area contributed by atoms with Crippen LogP contribution < -0.4 is 10.6 Å². The molecule has 0 spiro atoms. The molecule has 6 nitrogen and oxygen atoms in total. The predicted octanol–water partition coefficient (Wildman–Crippen LogP) is 2.32. The van der Waals surface area contributed by atoms with E-state index in [9.17, 15) is 14.7 Å². The molecule has 1 fully saturated rings. The SMILES string of the molecule is O=C(NC1CCC(C(=O)O)CC1)NC(CO)c1ccc(Cl)cc1. The minimum Gasteiger partial charge on any atom is -0.481 e. The minimum atomic E-state index is -0.768. The highest BCUT2D eigenvalue weighted by molar-refractivity contribution is 6.30. The fourth-order valence-corrected chi connectivity index (χ4v) is 2.93. The summed E-state index contributed by atoms with van der Waals surface area (Å²) in [6.45, 7) is -0.221. The van der Waals surface area contributed by atoms with Gasteiger partial charge in [-0.05, 0) is 43.4 Å². The molecule has 0 aromatic heterocycles. The van der Waals surface area contributed by atoms with Crippen molar-refractivity contribution in [3.05, 3.63) is 34.9 Å². The van der Waals surface area contributed by atoms with Crippen LogP contribution in [0, 0.1) is 5.92 Å². The number of carbonyl (C=O) groups excluding carboxylic acids is 1. The molecule has 7 heteroatoms. The maximum absolute atomic E-state index is 12.1. The molecule has 1 unspecified atom stereocenters. The Hall–Kier alpha value is -1.79. The van der Waals surface area contributed by atoms with Crippen LogP contribution in [0.1, 0.15) is 37.3 Å². The van der Waals surface area contributed by atoms with Gasteiger partial charge in [-0.1, -0.05) is 23.7 Å². The lowest BCUT2D eigenvalue weighted by Gasteiger charge is -2.27. The van der Waals surface area contributed by atoms with Crippen molar-refractivity contribution < 1.29 is 19.8 Å². The van der Waals surface area contributed by atoms with Crippen LogP contribution in [0.15, 0.2) is 24.3 Å². The zero-order valence-corrected chi connectivity index (χ0v) is 13.4. The molecule has 1 aromatic carbocycles. The number of carbonyl (C=O) groups is 2. The fourth-order valence-electron chi connectivity index (χ4n) is 2.80. The van der Waals surface area contributed by atoms with Crippen molar-refractivity contribution in [3.8, 4) is 0 Å². The summed E-state index contributed by atoms with van der Waals surface area (Å²) in [4.78, 5) is 23.0. The molecule has 0 bridgehead atoms. The molecular formula is C16H21ClN2O4. The van der Waals surface area contributed by atoms with Gasteiger partial charge in [0.05, 0.1) is 18.6 Å². The zero-order valence-electron chi connectivity index (χ0n) is 12.7. The van der Waals surface area contributed by atoms with Gasteiger partial charge in [-0.25, -0.2) is 4.79 Å². The molecule has 1 aliphatic rings. The number of aliphatic hydroxyl groups excluding tert-OH is 1. The first-order valence-corrected chi connectivity index (χ1v) is 8.03. The van der Waals surface area contributed by atoms with Gasteiger partial charge in [-0.3, -0.25) is 4.79 Å². The number of hydrogen-bond donors (Lipinski definition) is 4. The van der Waals surface area contributed by atoms with Crippen LogP contribution in [0.3, 0.4) is 0 Å². The highest BCUT2D eigenvalue weighted by atomic mass is 35.5. The second kappa shape index (κ2) is 8.17. The van der Waals surface area contributed by atoms with Crippen LogP contribution in [-0.4, -0.2) is 34.9 Å². The Morgan fingerprint density at radius 3 is 2.30 bits per heavy atom. The number of carboxylic acid groups (broad SMARTS) is 1. The maximum atomic E-state index is 12.1. The van der Waals surface area contributed by atoms with E-state index in [1.807, 2.05) is 0 Å².